The standard InChI is InChI=1S/C12H14FN3O3/c13-9-1-3-11(16(18)19)8(5-9)6-14-7-10-2-4-12(17)15-10/h1,3,5,10,14H,2,4,6-7H2,(H,15,17). The van der Waals surface area contributed by atoms with E-state index in [1.807, 2.05) is 0 Å². The van der Waals surface area contributed by atoms with Crippen molar-refractivity contribution in [3.8, 4) is 0 Å². The van der Waals surface area contributed by atoms with Crippen LogP contribution in [0.25, 0.3) is 0 Å². The Kier molecular flexibility index (Phi) is 4.06. The molecular formula is C12H14FN3O3. The summed E-state index contributed by atoms with van der Waals surface area (Å²) in [5.74, 6) is -0.486. The molecular weight excluding hydrogens is 253 g/mol. The lowest BCUT2D eigenvalue weighted by molar-refractivity contribution is -0.385. The zero-order valence-electron chi connectivity index (χ0n) is 10.2. The highest BCUT2D eigenvalue weighted by molar-refractivity contribution is 5.78. The lowest BCUT2D eigenvalue weighted by Gasteiger charge is -2.11. The van der Waals surface area contributed by atoms with Crippen molar-refractivity contribution in [1.82, 2.24) is 10.6 Å². The van der Waals surface area contributed by atoms with E-state index in [0.717, 1.165) is 24.6 Å². The Morgan fingerprint density at radius 2 is 2.32 bits per heavy atom. The first kappa shape index (κ1) is 13.4. The predicted molar refractivity (Wildman–Crippen MR) is 65.9 cm³/mol. The third-order valence-corrected chi connectivity index (χ3v) is 3.03. The maximum absolute atomic E-state index is 13.1. The fourth-order valence-corrected chi connectivity index (χ4v) is 2.09. The Bertz CT molecular complexity index is 507. The number of nitrogens with one attached hydrogen (secondary N) is 2. The minimum atomic E-state index is -0.534. The largest absolute Gasteiger partial charge is 0.352 e. The van der Waals surface area contributed by atoms with E-state index < -0.39 is 10.7 Å². The van der Waals surface area contributed by atoms with Gasteiger partial charge in [-0.25, -0.2) is 4.39 Å². The molecule has 0 radical (unpaired) electrons. The van der Waals surface area contributed by atoms with E-state index in [9.17, 15) is 19.3 Å². The monoisotopic (exact) mass is 267 g/mol. The summed E-state index contributed by atoms with van der Waals surface area (Å²) in [5.41, 5.74) is 0.193. The van der Waals surface area contributed by atoms with Gasteiger partial charge in [-0.1, -0.05) is 0 Å². The molecule has 1 aromatic carbocycles. The predicted octanol–water partition coefficient (Wildman–Crippen LogP) is 1.10. The van der Waals surface area contributed by atoms with Crippen LogP contribution < -0.4 is 10.6 Å². The van der Waals surface area contributed by atoms with Gasteiger partial charge in [0.15, 0.2) is 0 Å². The quantitative estimate of drug-likeness (QED) is 0.618. The first-order chi connectivity index (χ1) is 9.06. The van der Waals surface area contributed by atoms with Crippen LogP contribution in [-0.4, -0.2) is 23.4 Å². The zero-order valence-corrected chi connectivity index (χ0v) is 10.2. The number of hydrogen-bond donors (Lipinski definition) is 2. The Morgan fingerprint density at radius 1 is 1.53 bits per heavy atom. The molecule has 0 saturated carbocycles. The average molecular weight is 267 g/mol. The van der Waals surface area contributed by atoms with E-state index in [2.05, 4.69) is 10.6 Å². The molecule has 102 valence electrons. The van der Waals surface area contributed by atoms with Crippen molar-refractivity contribution >= 4 is 11.6 Å². The number of nitrogens with zero attached hydrogens (tertiary/aromatic N) is 1. The van der Waals surface area contributed by atoms with Gasteiger partial charge in [-0.05, 0) is 18.6 Å². The fourth-order valence-electron chi connectivity index (χ4n) is 2.09. The Labute approximate surface area is 109 Å². The minimum absolute atomic E-state index is 0.0172. The smallest absolute Gasteiger partial charge is 0.274 e. The van der Waals surface area contributed by atoms with E-state index in [4.69, 9.17) is 0 Å². The van der Waals surface area contributed by atoms with Gasteiger partial charge < -0.3 is 10.6 Å². The second-order valence-corrected chi connectivity index (χ2v) is 4.46. The Morgan fingerprint density at radius 3 is 2.95 bits per heavy atom. The molecule has 6 nitrogen and oxygen atoms in total. The number of amides is 1. The number of nitro groups is 1. The SMILES string of the molecule is O=C1CCC(CNCc2cc(F)ccc2[N+](=O)[O-])N1. The van der Waals surface area contributed by atoms with Crippen LogP contribution in [0.15, 0.2) is 18.2 Å². The van der Waals surface area contributed by atoms with Crippen LogP contribution in [0, 0.1) is 15.9 Å². The van der Waals surface area contributed by atoms with Crippen LogP contribution in [0.4, 0.5) is 10.1 Å². The molecule has 1 fully saturated rings. The van der Waals surface area contributed by atoms with Gasteiger partial charge in [0, 0.05) is 37.2 Å². The molecule has 1 aromatic rings. The summed E-state index contributed by atoms with van der Waals surface area (Å²) in [7, 11) is 0. The van der Waals surface area contributed by atoms with Gasteiger partial charge in [-0.3, -0.25) is 14.9 Å². The van der Waals surface area contributed by atoms with Crippen LogP contribution in [0.2, 0.25) is 0 Å². The van der Waals surface area contributed by atoms with E-state index in [0.29, 0.717) is 18.5 Å². The van der Waals surface area contributed by atoms with Gasteiger partial charge in [0.05, 0.1) is 4.92 Å². The van der Waals surface area contributed by atoms with Gasteiger partial charge in [0.2, 0.25) is 5.91 Å². The van der Waals surface area contributed by atoms with E-state index in [1.54, 1.807) is 0 Å². The van der Waals surface area contributed by atoms with Crippen molar-refractivity contribution in [2.75, 3.05) is 6.54 Å². The van der Waals surface area contributed by atoms with Gasteiger partial charge in [0.1, 0.15) is 5.82 Å². The summed E-state index contributed by atoms with van der Waals surface area (Å²) in [5, 5.41) is 16.6. The summed E-state index contributed by atoms with van der Waals surface area (Å²) < 4.78 is 13.1. The summed E-state index contributed by atoms with van der Waals surface area (Å²) in [6.07, 6.45) is 1.25. The highest BCUT2D eigenvalue weighted by atomic mass is 19.1. The number of halogens is 1. The third kappa shape index (κ3) is 3.47. The summed E-state index contributed by atoms with van der Waals surface area (Å²) in [4.78, 5) is 21.3. The highest BCUT2D eigenvalue weighted by Gasteiger charge is 2.20. The summed E-state index contributed by atoms with van der Waals surface area (Å²) in [6.45, 7) is 0.708. The molecule has 2 N–H and O–H groups in total. The molecule has 0 aliphatic carbocycles. The van der Waals surface area contributed by atoms with E-state index in [1.165, 1.54) is 0 Å². The highest BCUT2D eigenvalue weighted by Crippen LogP contribution is 2.19. The van der Waals surface area contributed by atoms with Crippen LogP contribution in [0.5, 0.6) is 0 Å². The molecule has 1 aliphatic heterocycles. The Hall–Kier alpha value is -2.02. The van der Waals surface area contributed by atoms with Crippen LogP contribution in [0.1, 0.15) is 18.4 Å². The lowest BCUT2D eigenvalue weighted by atomic mass is 10.1. The van der Waals surface area contributed by atoms with Gasteiger partial charge in [-0.2, -0.15) is 0 Å². The molecule has 2 rings (SSSR count). The molecule has 1 aliphatic rings. The van der Waals surface area contributed by atoms with Crippen LogP contribution in [0.3, 0.4) is 0 Å². The third-order valence-electron chi connectivity index (χ3n) is 3.03. The van der Waals surface area contributed by atoms with Crippen molar-refractivity contribution in [3.63, 3.8) is 0 Å². The molecule has 1 amide bonds. The zero-order chi connectivity index (χ0) is 13.8. The first-order valence-electron chi connectivity index (χ1n) is 5.99. The Balaban J connectivity index is 1.93. The number of nitro benzene ring substituents is 1. The van der Waals surface area contributed by atoms with E-state index >= 15 is 0 Å². The molecule has 0 aromatic heterocycles. The van der Waals surface area contributed by atoms with Gasteiger partial charge >= 0.3 is 0 Å². The number of carbonyl (C=O) groups excluding carboxylic acids is 1. The molecule has 0 spiro atoms. The second kappa shape index (κ2) is 5.75. The van der Waals surface area contributed by atoms with Gasteiger partial charge in [-0.15, -0.1) is 0 Å². The molecule has 1 saturated heterocycles. The molecule has 19 heavy (non-hydrogen) atoms. The molecule has 1 heterocycles. The number of carbonyl (C=O) groups is 1. The summed E-state index contributed by atoms with van der Waals surface area (Å²) in [6, 6.07) is 3.42. The van der Waals surface area contributed by atoms with Crippen molar-refractivity contribution in [2.24, 2.45) is 0 Å². The van der Waals surface area contributed by atoms with Crippen LogP contribution >= 0.6 is 0 Å². The maximum Gasteiger partial charge on any atom is 0.274 e. The molecule has 7 heteroatoms. The average Bonchev–Trinajstić information content (AvgIpc) is 2.75. The molecule has 0 bridgehead atoms. The summed E-state index contributed by atoms with van der Waals surface area (Å²) >= 11 is 0. The number of benzene rings is 1. The van der Waals surface area contributed by atoms with Gasteiger partial charge in [0.25, 0.3) is 5.69 Å². The van der Waals surface area contributed by atoms with Crippen molar-refractivity contribution in [3.05, 3.63) is 39.7 Å². The molecule has 1 atom stereocenters. The maximum atomic E-state index is 13.1. The van der Waals surface area contributed by atoms with E-state index in [-0.39, 0.29) is 24.2 Å². The minimum Gasteiger partial charge on any atom is -0.352 e. The molecule has 1 unspecified atom stereocenters. The fraction of sp³-hybridized carbons (Fsp3) is 0.417. The normalized spacial score (nSPS) is 18.4. The number of hydrogen-bond acceptors (Lipinski definition) is 4. The van der Waals surface area contributed by atoms with Crippen LogP contribution in [-0.2, 0) is 11.3 Å². The topological polar surface area (TPSA) is 84.3 Å². The second-order valence-electron chi connectivity index (χ2n) is 4.46. The lowest BCUT2D eigenvalue weighted by Crippen LogP contribution is -2.35. The first-order valence-corrected chi connectivity index (χ1v) is 5.99. The van der Waals surface area contributed by atoms with Crippen molar-refractivity contribution < 1.29 is 14.1 Å². The van der Waals surface area contributed by atoms with Crippen molar-refractivity contribution in [2.45, 2.75) is 25.4 Å². The van der Waals surface area contributed by atoms with Crippen molar-refractivity contribution in [1.29, 1.82) is 0 Å². The number of rotatable bonds is 5.